The lowest BCUT2D eigenvalue weighted by Crippen LogP contribution is -3.01. The van der Waals surface area contributed by atoms with Gasteiger partial charge in [-0.15, -0.1) is 0 Å². The van der Waals surface area contributed by atoms with Crippen LogP contribution in [0.25, 0.3) is 22.3 Å². The Balaban J connectivity index is 1.74. The van der Waals surface area contributed by atoms with Gasteiger partial charge in [-0.3, -0.25) is 0 Å². The average Bonchev–Trinajstić information content (AvgIpc) is 2.77. The number of rotatable bonds is 6. The van der Waals surface area contributed by atoms with Crippen molar-refractivity contribution in [3.63, 3.8) is 0 Å². The van der Waals surface area contributed by atoms with Crippen molar-refractivity contribution in [1.82, 2.24) is 9.97 Å². The molecule has 1 heterocycles. The molecule has 3 aromatic carbocycles. The van der Waals surface area contributed by atoms with Crippen LogP contribution >= 0.6 is 0 Å². The Morgan fingerprint density at radius 2 is 1.68 bits per heavy atom. The molecule has 28 heavy (non-hydrogen) atoms. The quantitative estimate of drug-likeness (QED) is 0.505. The minimum absolute atomic E-state index is 0.116. The van der Waals surface area contributed by atoms with Crippen molar-refractivity contribution in [2.24, 2.45) is 0 Å². The number of aromatic nitrogens is 2. The summed E-state index contributed by atoms with van der Waals surface area (Å²) in [6, 6.07) is 25.7. The lowest BCUT2D eigenvalue weighted by molar-refractivity contribution is -0.773. The van der Waals surface area contributed by atoms with Crippen LogP contribution < -0.4 is 10.4 Å². The molecular formula is C23H22N4O. The average molecular weight is 370 g/mol. The van der Waals surface area contributed by atoms with Crippen LogP contribution in [0.5, 0.6) is 0 Å². The number of anilines is 1. The van der Waals surface area contributed by atoms with Crippen LogP contribution in [0.1, 0.15) is 12.5 Å². The maximum absolute atomic E-state index is 12.1. The van der Waals surface area contributed by atoms with Gasteiger partial charge in [-0.05, 0) is 30.7 Å². The van der Waals surface area contributed by atoms with E-state index >= 15 is 0 Å². The second-order valence-electron chi connectivity index (χ2n) is 6.61. The van der Waals surface area contributed by atoms with Gasteiger partial charge in [-0.1, -0.05) is 54.6 Å². The summed E-state index contributed by atoms with van der Waals surface area (Å²) in [5.41, 5.74) is 3.58. The zero-order valence-electron chi connectivity index (χ0n) is 15.7. The lowest BCUT2D eigenvalue weighted by atomic mass is 10.1. The number of hydrogen-bond acceptors (Lipinski definition) is 4. The second kappa shape index (κ2) is 8.17. The number of nitrogens with one attached hydrogen (secondary N) is 2. The van der Waals surface area contributed by atoms with Crippen molar-refractivity contribution in [3.8, 4) is 11.4 Å². The molecule has 0 amide bonds. The van der Waals surface area contributed by atoms with Gasteiger partial charge in [-0.2, -0.15) is 0 Å². The molecule has 1 atom stereocenters. The largest absolute Gasteiger partial charge is 0.629 e. The fraction of sp³-hybridized carbons (Fsp3) is 0.130. The highest BCUT2D eigenvalue weighted by Crippen LogP contribution is 2.26. The Morgan fingerprint density at radius 1 is 0.893 bits per heavy atom. The van der Waals surface area contributed by atoms with Gasteiger partial charge in [0, 0.05) is 23.6 Å². The van der Waals surface area contributed by atoms with E-state index in [9.17, 15) is 5.21 Å². The van der Waals surface area contributed by atoms with Crippen LogP contribution in [0.4, 0.5) is 11.5 Å². The number of benzene rings is 3. The van der Waals surface area contributed by atoms with Crippen LogP contribution in [-0.4, -0.2) is 16.5 Å². The predicted molar refractivity (Wildman–Crippen MR) is 113 cm³/mol. The van der Waals surface area contributed by atoms with Crippen molar-refractivity contribution >= 4 is 22.4 Å². The molecule has 0 fully saturated rings. The van der Waals surface area contributed by atoms with Gasteiger partial charge in [0.15, 0.2) is 5.82 Å². The Bertz CT molecular complexity index is 1080. The summed E-state index contributed by atoms with van der Waals surface area (Å²) in [4.78, 5) is 9.50. The maximum Gasteiger partial charge on any atom is 0.162 e. The van der Waals surface area contributed by atoms with Crippen LogP contribution in [0.15, 0.2) is 78.9 Å². The minimum atomic E-state index is 0.116. The molecule has 1 aromatic heterocycles. The number of fused-ring (bicyclic) bond motifs is 1. The van der Waals surface area contributed by atoms with Gasteiger partial charge in [0.25, 0.3) is 0 Å². The molecule has 0 radical (unpaired) electrons. The minimum Gasteiger partial charge on any atom is -0.629 e. The van der Waals surface area contributed by atoms with E-state index in [1.807, 2.05) is 73.7 Å². The van der Waals surface area contributed by atoms with Crippen molar-refractivity contribution in [1.29, 1.82) is 0 Å². The van der Waals surface area contributed by atoms with Gasteiger partial charge < -0.3 is 15.6 Å². The third kappa shape index (κ3) is 3.86. The van der Waals surface area contributed by atoms with Gasteiger partial charge in [0.2, 0.25) is 0 Å². The van der Waals surface area contributed by atoms with Crippen LogP contribution in [0.2, 0.25) is 0 Å². The molecule has 0 aliphatic rings. The summed E-state index contributed by atoms with van der Waals surface area (Å²) in [6.07, 6.45) is 0. The van der Waals surface area contributed by atoms with Crippen molar-refractivity contribution in [3.05, 3.63) is 89.6 Å². The van der Waals surface area contributed by atoms with E-state index in [0.717, 1.165) is 22.3 Å². The molecule has 0 saturated heterocycles. The third-order valence-corrected chi connectivity index (χ3v) is 4.67. The molecule has 4 rings (SSSR count). The van der Waals surface area contributed by atoms with Crippen LogP contribution in [0, 0.1) is 5.21 Å². The predicted octanol–water partition coefficient (Wildman–Crippen LogP) is 3.94. The topological polar surface area (TPSA) is 65.3 Å². The molecule has 140 valence electrons. The second-order valence-corrected chi connectivity index (χ2v) is 6.61. The molecule has 5 nitrogen and oxygen atoms in total. The first-order valence-corrected chi connectivity index (χ1v) is 9.43. The van der Waals surface area contributed by atoms with Gasteiger partial charge in [-0.25, -0.2) is 9.97 Å². The number of hydroxylamine groups is 1. The summed E-state index contributed by atoms with van der Waals surface area (Å²) in [5, 5.41) is 16.6. The van der Waals surface area contributed by atoms with Crippen molar-refractivity contribution in [2.45, 2.75) is 13.5 Å². The van der Waals surface area contributed by atoms with E-state index in [1.165, 1.54) is 5.56 Å². The number of quaternary nitrogens is 1. The zero-order chi connectivity index (χ0) is 19.3. The van der Waals surface area contributed by atoms with Gasteiger partial charge in [0.05, 0.1) is 12.1 Å². The fourth-order valence-electron chi connectivity index (χ4n) is 3.16. The van der Waals surface area contributed by atoms with E-state index in [0.29, 0.717) is 24.6 Å². The van der Waals surface area contributed by atoms with Crippen molar-refractivity contribution in [2.75, 3.05) is 11.9 Å². The molecule has 1 unspecified atom stereocenters. The molecule has 0 spiro atoms. The Hall–Kier alpha value is -3.28. The van der Waals surface area contributed by atoms with E-state index < -0.39 is 0 Å². The number of nitrogens with zero attached hydrogens (tertiary/aromatic N) is 2. The fourth-order valence-corrected chi connectivity index (χ4v) is 3.16. The summed E-state index contributed by atoms with van der Waals surface area (Å²) >= 11 is 0. The molecule has 0 saturated carbocycles. The zero-order valence-corrected chi connectivity index (χ0v) is 15.7. The summed E-state index contributed by atoms with van der Waals surface area (Å²) in [7, 11) is 0. The van der Waals surface area contributed by atoms with Crippen molar-refractivity contribution < 1.29 is 5.06 Å². The highest BCUT2D eigenvalue weighted by molar-refractivity contribution is 5.90. The van der Waals surface area contributed by atoms with Crippen LogP contribution in [-0.2, 0) is 6.54 Å². The monoisotopic (exact) mass is 370 g/mol. The Labute approximate surface area is 164 Å². The SMILES string of the molecule is CC[NH+]([O-])c1cccc(-c2nc(NCc3ccccc3)c3ccccc3n2)c1. The summed E-state index contributed by atoms with van der Waals surface area (Å²) < 4.78 is 0. The van der Waals surface area contributed by atoms with Gasteiger partial charge in [0.1, 0.15) is 11.5 Å². The standard InChI is InChI=1S/C23H22N4O/c1-2-27(28)19-12-8-11-18(15-19)22-25-21-14-7-6-13-20(21)23(26-22)24-16-17-9-4-3-5-10-17/h3-15,27H,2,16H2,1H3,(H,24,25,26). The Morgan fingerprint density at radius 3 is 2.50 bits per heavy atom. The van der Waals surface area contributed by atoms with E-state index in [1.54, 1.807) is 0 Å². The highest BCUT2D eigenvalue weighted by atomic mass is 16.5. The molecule has 0 bridgehead atoms. The molecular weight excluding hydrogens is 348 g/mol. The van der Waals surface area contributed by atoms with E-state index in [4.69, 9.17) is 9.97 Å². The first kappa shape index (κ1) is 18.1. The number of hydrogen-bond donors (Lipinski definition) is 2. The van der Waals surface area contributed by atoms with E-state index in [2.05, 4.69) is 17.4 Å². The first-order valence-electron chi connectivity index (χ1n) is 9.43. The summed E-state index contributed by atoms with van der Waals surface area (Å²) in [5.74, 6) is 1.40. The molecule has 0 aliphatic carbocycles. The third-order valence-electron chi connectivity index (χ3n) is 4.67. The smallest absolute Gasteiger partial charge is 0.162 e. The highest BCUT2D eigenvalue weighted by Gasteiger charge is 2.11. The normalized spacial score (nSPS) is 12.1. The molecule has 2 N–H and O–H groups in total. The molecule has 0 aliphatic heterocycles. The van der Waals surface area contributed by atoms with E-state index in [-0.39, 0.29) is 5.06 Å². The maximum atomic E-state index is 12.1. The molecule has 5 heteroatoms. The Kier molecular flexibility index (Phi) is 5.28. The van der Waals surface area contributed by atoms with Gasteiger partial charge >= 0.3 is 0 Å². The molecule has 4 aromatic rings. The van der Waals surface area contributed by atoms with Crippen LogP contribution in [0.3, 0.4) is 0 Å². The number of para-hydroxylation sites is 1. The lowest BCUT2D eigenvalue weighted by Gasteiger charge is -2.20. The summed E-state index contributed by atoms with van der Waals surface area (Å²) in [6.45, 7) is 3.02. The first-order chi connectivity index (χ1) is 13.7.